The van der Waals surface area contributed by atoms with Gasteiger partial charge >= 0.3 is 11.9 Å². The summed E-state index contributed by atoms with van der Waals surface area (Å²) >= 11 is 0. The van der Waals surface area contributed by atoms with Crippen molar-refractivity contribution >= 4 is 55.0 Å². The van der Waals surface area contributed by atoms with Gasteiger partial charge in [0.1, 0.15) is 0 Å². The summed E-state index contributed by atoms with van der Waals surface area (Å²) in [5, 5.41) is 6.73. The number of benzene rings is 6. The molecule has 0 aliphatic carbocycles. The molecule has 0 aromatic heterocycles. The van der Waals surface area contributed by atoms with Crippen LogP contribution in [-0.2, 0) is 4.74 Å². The van der Waals surface area contributed by atoms with E-state index in [2.05, 4.69) is 0 Å². The van der Waals surface area contributed by atoms with E-state index in [9.17, 15) is 9.59 Å². The fraction of sp³-hybridized carbons (Fsp3) is 0. The van der Waals surface area contributed by atoms with Gasteiger partial charge < -0.3 is 4.74 Å². The Labute approximate surface area is 189 Å². The molecule has 0 saturated heterocycles. The molecular formula is C30H18O3. The molecule has 0 radical (unpaired) electrons. The van der Waals surface area contributed by atoms with Crippen molar-refractivity contribution in [3.8, 4) is 0 Å². The Balaban J connectivity index is 1.53. The van der Waals surface area contributed by atoms with Crippen LogP contribution >= 0.6 is 0 Å². The Bertz CT molecular complexity index is 1490. The maximum atomic E-state index is 13.5. The van der Waals surface area contributed by atoms with Crippen molar-refractivity contribution in [2.24, 2.45) is 0 Å². The molecule has 0 unspecified atom stereocenters. The van der Waals surface area contributed by atoms with E-state index in [0.717, 1.165) is 43.1 Å². The monoisotopic (exact) mass is 426 g/mol. The Hall–Kier alpha value is -4.50. The Morgan fingerprint density at radius 1 is 0.424 bits per heavy atom. The Morgan fingerprint density at radius 2 is 0.697 bits per heavy atom. The summed E-state index contributed by atoms with van der Waals surface area (Å²) in [5.41, 5.74) is 0.809. The summed E-state index contributed by atoms with van der Waals surface area (Å²) in [7, 11) is 0. The first-order valence-corrected chi connectivity index (χ1v) is 10.8. The van der Waals surface area contributed by atoms with Crippen molar-refractivity contribution in [2.75, 3.05) is 0 Å². The lowest BCUT2D eigenvalue weighted by atomic mass is 9.96. The third kappa shape index (κ3) is 3.14. The van der Waals surface area contributed by atoms with Crippen LogP contribution in [0.2, 0.25) is 0 Å². The maximum Gasteiger partial charge on any atom is 0.347 e. The van der Waals surface area contributed by atoms with Crippen LogP contribution in [0.4, 0.5) is 0 Å². The van der Waals surface area contributed by atoms with Crippen molar-refractivity contribution in [3.63, 3.8) is 0 Å². The van der Waals surface area contributed by atoms with Crippen molar-refractivity contribution in [3.05, 3.63) is 120 Å². The number of carbonyl (C=O) groups is 2. The van der Waals surface area contributed by atoms with Gasteiger partial charge in [-0.05, 0) is 55.2 Å². The van der Waals surface area contributed by atoms with Crippen LogP contribution in [0.25, 0.3) is 43.1 Å². The minimum atomic E-state index is -0.648. The molecule has 0 aliphatic rings. The zero-order valence-electron chi connectivity index (χ0n) is 17.6. The van der Waals surface area contributed by atoms with Gasteiger partial charge in [0, 0.05) is 0 Å². The van der Waals surface area contributed by atoms with Crippen LogP contribution in [0.1, 0.15) is 20.7 Å². The molecule has 3 heteroatoms. The number of esters is 2. The van der Waals surface area contributed by atoms with E-state index in [0.29, 0.717) is 11.1 Å². The predicted octanol–water partition coefficient (Wildman–Crippen LogP) is 7.30. The van der Waals surface area contributed by atoms with Gasteiger partial charge in [-0.25, -0.2) is 9.59 Å². The molecule has 0 saturated carbocycles. The SMILES string of the molecule is O=C(OC(=O)c1c2ccccc2cc2ccccc12)c1c2ccccc2cc2ccccc12. The third-order valence-electron chi connectivity index (χ3n) is 6.14. The molecule has 6 aromatic rings. The van der Waals surface area contributed by atoms with Crippen molar-refractivity contribution in [2.45, 2.75) is 0 Å². The number of carbonyl (C=O) groups excluding carboxylic acids is 2. The first-order chi connectivity index (χ1) is 16.2. The molecule has 33 heavy (non-hydrogen) atoms. The van der Waals surface area contributed by atoms with E-state index in [1.54, 1.807) is 0 Å². The average Bonchev–Trinajstić information content (AvgIpc) is 2.85. The van der Waals surface area contributed by atoms with Crippen LogP contribution < -0.4 is 0 Å². The number of fused-ring (bicyclic) bond motifs is 4. The van der Waals surface area contributed by atoms with Gasteiger partial charge in [-0.2, -0.15) is 0 Å². The molecule has 0 bridgehead atoms. The average molecular weight is 426 g/mol. The highest BCUT2D eigenvalue weighted by atomic mass is 16.6. The van der Waals surface area contributed by atoms with Gasteiger partial charge in [0.25, 0.3) is 0 Å². The van der Waals surface area contributed by atoms with Crippen LogP contribution in [0, 0.1) is 0 Å². The quantitative estimate of drug-likeness (QED) is 0.166. The lowest BCUT2D eigenvalue weighted by molar-refractivity contribution is 0.0403. The highest BCUT2D eigenvalue weighted by molar-refractivity contribution is 6.22. The zero-order chi connectivity index (χ0) is 22.4. The minimum absolute atomic E-state index is 0.404. The van der Waals surface area contributed by atoms with E-state index < -0.39 is 11.9 Å². The van der Waals surface area contributed by atoms with Gasteiger partial charge in [-0.15, -0.1) is 0 Å². The first kappa shape index (κ1) is 19.2. The molecule has 0 aliphatic heterocycles. The van der Waals surface area contributed by atoms with Crippen molar-refractivity contribution < 1.29 is 14.3 Å². The fourth-order valence-corrected chi connectivity index (χ4v) is 4.65. The van der Waals surface area contributed by atoms with Crippen molar-refractivity contribution in [1.82, 2.24) is 0 Å². The van der Waals surface area contributed by atoms with E-state index in [1.165, 1.54) is 0 Å². The fourth-order valence-electron chi connectivity index (χ4n) is 4.65. The topological polar surface area (TPSA) is 43.4 Å². The summed E-state index contributed by atoms with van der Waals surface area (Å²) in [5.74, 6) is -1.30. The summed E-state index contributed by atoms with van der Waals surface area (Å²) in [6, 6.07) is 34.7. The molecule has 0 spiro atoms. The van der Waals surface area contributed by atoms with Crippen LogP contribution in [0.15, 0.2) is 109 Å². The van der Waals surface area contributed by atoms with Gasteiger partial charge in [0.05, 0.1) is 11.1 Å². The molecule has 6 rings (SSSR count). The summed E-state index contributed by atoms with van der Waals surface area (Å²) in [6.45, 7) is 0. The maximum absolute atomic E-state index is 13.5. The number of hydrogen-bond acceptors (Lipinski definition) is 3. The van der Waals surface area contributed by atoms with Gasteiger partial charge in [0.15, 0.2) is 0 Å². The molecule has 3 nitrogen and oxygen atoms in total. The molecule has 6 aromatic carbocycles. The first-order valence-electron chi connectivity index (χ1n) is 10.8. The molecule has 156 valence electrons. The second-order valence-corrected chi connectivity index (χ2v) is 8.06. The van der Waals surface area contributed by atoms with E-state index in [4.69, 9.17) is 4.74 Å². The van der Waals surface area contributed by atoms with Crippen LogP contribution in [0.3, 0.4) is 0 Å². The summed E-state index contributed by atoms with van der Waals surface area (Å²) in [6.07, 6.45) is 0. The normalized spacial score (nSPS) is 11.3. The lowest BCUT2D eigenvalue weighted by Crippen LogP contribution is -2.14. The second kappa shape index (κ2) is 7.57. The molecule has 0 heterocycles. The molecule has 0 fully saturated rings. The van der Waals surface area contributed by atoms with Gasteiger partial charge in [-0.1, -0.05) is 97.1 Å². The van der Waals surface area contributed by atoms with Crippen molar-refractivity contribution in [1.29, 1.82) is 0 Å². The van der Waals surface area contributed by atoms with Crippen LogP contribution in [-0.4, -0.2) is 11.9 Å². The molecular weight excluding hydrogens is 408 g/mol. The largest absolute Gasteiger partial charge is 0.386 e. The molecule has 0 N–H and O–H groups in total. The Kier molecular flexibility index (Phi) is 4.41. The van der Waals surface area contributed by atoms with Gasteiger partial charge in [-0.3, -0.25) is 0 Å². The number of rotatable bonds is 2. The van der Waals surface area contributed by atoms with E-state index in [-0.39, 0.29) is 0 Å². The Morgan fingerprint density at radius 3 is 1.00 bits per heavy atom. The zero-order valence-corrected chi connectivity index (χ0v) is 17.6. The molecule has 0 amide bonds. The number of hydrogen-bond donors (Lipinski definition) is 0. The minimum Gasteiger partial charge on any atom is -0.386 e. The molecule has 0 atom stereocenters. The summed E-state index contributed by atoms with van der Waals surface area (Å²) < 4.78 is 5.58. The smallest absolute Gasteiger partial charge is 0.347 e. The third-order valence-corrected chi connectivity index (χ3v) is 6.14. The summed E-state index contributed by atoms with van der Waals surface area (Å²) in [4.78, 5) is 27.0. The van der Waals surface area contributed by atoms with Gasteiger partial charge in [0.2, 0.25) is 0 Å². The van der Waals surface area contributed by atoms with E-state index >= 15 is 0 Å². The second-order valence-electron chi connectivity index (χ2n) is 8.06. The highest BCUT2D eigenvalue weighted by Crippen LogP contribution is 2.32. The highest BCUT2D eigenvalue weighted by Gasteiger charge is 2.23. The van der Waals surface area contributed by atoms with E-state index in [1.807, 2.05) is 109 Å². The predicted molar refractivity (Wildman–Crippen MR) is 133 cm³/mol. The van der Waals surface area contributed by atoms with Crippen LogP contribution in [0.5, 0.6) is 0 Å². The lowest BCUT2D eigenvalue weighted by Gasteiger charge is -2.13. The number of ether oxygens (including phenoxy) is 1. The standard InChI is InChI=1S/C30H18O3/c31-29(27-23-13-5-1-9-19(23)17-20-10-2-6-14-24(20)27)33-30(32)28-25-15-7-3-11-21(25)18-22-12-4-8-16-26(22)28/h1-18H.